The van der Waals surface area contributed by atoms with Gasteiger partial charge in [-0.15, -0.1) is 0 Å². The van der Waals surface area contributed by atoms with Gasteiger partial charge in [-0.1, -0.05) is 24.3 Å². The molecule has 1 aromatic carbocycles. The zero-order valence-corrected chi connectivity index (χ0v) is 20.1. The largest absolute Gasteiger partial charge is 0.465 e. The van der Waals surface area contributed by atoms with Crippen LogP contribution in [0, 0.1) is 5.92 Å². The number of rotatable bonds is 3. The maximum absolute atomic E-state index is 13.0. The van der Waals surface area contributed by atoms with Crippen molar-refractivity contribution in [3.05, 3.63) is 41.6 Å². The second-order valence-electron chi connectivity index (χ2n) is 9.25. The summed E-state index contributed by atoms with van der Waals surface area (Å²) < 4.78 is 16.2. The van der Waals surface area contributed by atoms with Crippen molar-refractivity contribution in [3.63, 3.8) is 0 Å². The Morgan fingerprint density at radius 1 is 1.18 bits per heavy atom. The number of hydrogen-bond donors (Lipinski definition) is 1. The van der Waals surface area contributed by atoms with Crippen LogP contribution in [0.15, 0.2) is 30.3 Å². The van der Waals surface area contributed by atoms with Crippen molar-refractivity contribution in [3.8, 4) is 0 Å². The first-order valence-corrected chi connectivity index (χ1v) is 11.1. The van der Waals surface area contributed by atoms with E-state index in [1.807, 2.05) is 45.0 Å². The molecule has 178 valence electrons. The predicted molar refractivity (Wildman–Crippen MR) is 125 cm³/mol. The SMILES string of the molecule is COC(=O)/C1=C/[C@@H]([C@H](C)OC(C)=O)CN(C(=O)OC(C)(C)C)CCc2c1[nH]c1ccccc21. The predicted octanol–water partition coefficient (Wildman–Crippen LogP) is 4.09. The van der Waals surface area contributed by atoms with Crippen molar-refractivity contribution in [1.29, 1.82) is 0 Å². The molecule has 1 amide bonds. The van der Waals surface area contributed by atoms with Gasteiger partial charge in [0.1, 0.15) is 11.7 Å². The number of benzene rings is 1. The highest BCUT2D eigenvalue weighted by Crippen LogP contribution is 2.32. The smallest absolute Gasteiger partial charge is 0.410 e. The van der Waals surface area contributed by atoms with E-state index >= 15 is 0 Å². The number of para-hydroxylation sites is 1. The number of H-pyrrole nitrogens is 1. The molecule has 0 aliphatic carbocycles. The number of ether oxygens (including phenoxy) is 3. The van der Waals surface area contributed by atoms with Crippen molar-refractivity contribution in [2.24, 2.45) is 5.92 Å². The second-order valence-corrected chi connectivity index (χ2v) is 9.25. The second kappa shape index (κ2) is 9.68. The van der Waals surface area contributed by atoms with Crippen LogP contribution in [-0.4, -0.2) is 59.8 Å². The molecule has 0 spiro atoms. The van der Waals surface area contributed by atoms with Crippen molar-refractivity contribution in [1.82, 2.24) is 9.88 Å². The minimum atomic E-state index is -0.661. The molecule has 2 atom stereocenters. The van der Waals surface area contributed by atoms with Gasteiger partial charge in [0.2, 0.25) is 0 Å². The first kappa shape index (κ1) is 24.4. The van der Waals surface area contributed by atoms with E-state index in [4.69, 9.17) is 14.2 Å². The standard InChI is InChI=1S/C25H32N2O6/c1-15(32-16(2)28)17-13-20(23(29)31-6)22-19(18-9-7-8-10-21(18)26-22)11-12-27(14-17)24(30)33-25(3,4)5/h7-10,13,15,17,26H,11-12,14H2,1-6H3/b20-13+/t15-,17+/m0/s1. The molecule has 2 heterocycles. The van der Waals surface area contributed by atoms with E-state index in [0.717, 1.165) is 16.5 Å². The van der Waals surface area contributed by atoms with Crippen LogP contribution in [0.3, 0.4) is 0 Å². The Balaban J connectivity index is 2.15. The first-order valence-electron chi connectivity index (χ1n) is 11.1. The first-order chi connectivity index (χ1) is 15.5. The Hall–Kier alpha value is -3.29. The van der Waals surface area contributed by atoms with Gasteiger partial charge >= 0.3 is 18.0 Å². The number of esters is 2. The minimum absolute atomic E-state index is 0.214. The molecule has 1 aliphatic heterocycles. The van der Waals surface area contributed by atoms with E-state index in [0.29, 0.717) is 24.2 Å². The third-order valence-corrected chi connectivity index (χ3v) is 5.54. The van der Waals surface area contributed by atoms with E-state index in [-0.39, 0.29) is 6.54 Å². The van der Waals surface area contributed by atoms with Gasteiger partial charge in [-0.05, 0) is 45.7 Å². The van der Waals surface area contributed by atoms with Gasteiger partial charge in [0.25, 0.3) is 0 Å². The molecule has 0 unspecified atom stereocenters. The van der Waals surface area contributed by atoms with Crippen LogP contribution in [0.2, 0.25) is 0 Å². The van der Waals surface area contributed by atoms with Gasteiger partial charge in [-0.25, -0.2) is 9.59 Å². The van der Waals surface area contributed by atoms with Crippen LogP contribution in [-0.2, 0) is 30.2 Å². The lowest BCUT2D eigenvalue weighted by molar-refractivity contribution is -0.147. The molecule has 1 aromatic heterocycles. The van der Waals surface area contributed by atoms with Crippen LogP contribution < -0.4 is 0 Å². The van der Waals surface area contributed by atoms with Crippen LogP contribution in [0.25, 0.3) is 16.5 Å². The van der Waals surface area contributed by atoms with E-state index in [2.05, 4.69) is 4.98 Å². The van der Waals surface area contributed by atoms with Crippen LogP contribution in [0.4, 0.5) is 4.79 Å². The number of fused-ring (bicyclic) bond motifs is 3. The Labute approximate surface area is 193 Å². The number of carbonyl (C=O) groups excluding carboxylic acids is 3. The van der Waals surface area contributed by atoms with Gasteiger partial charge in [0, 0.05) is 36.8 Å². The third-order valence-electron chi connectivity index (χ3n) is 5.54. The topological polar surface area (TPSA) is 97.9 Å². The van der Waals surface area contributed by atoms with Crippen molar-refractivity contribution < 1.29 is 28.6 Å². The normalized spacial score (nSPS) is 19.3. The van der Waals surface area contributed by atoms with Gasteiger partial charge in [0.05, 0.1) is 18.4 Å². The molecule has 0 bridgehead atoms. The third kappa shape index (κ3) is 5.74. The molecule has 8 nitrogen and oxygen atoms in total. The highest BCUT2D eigenvalue weighted by Gasteiger charge is 2.32. The fraction of sp³-hybridized carbons (Fsp3) is 0.480. The summed E-state index contributed by atoms with van der Waals surface area (Å²) >= 11 is 0. The number of aromatic nitrogens is 1. The monoisotopic (exact) mass is 456 g/mol. The zero-order valence-electron chi connectivity index (χ0n) is 20.1. The molecule has 33 heavy (non-hydrogen) atoms. The zero-order chi connectivity index (χ0) is 24.3. The number of methoxy groups -OCH3 is 1. The van der Waals surface area contributed by atoms with E-state index in [1.165, 1.54) is 14.0 Å². The highest BCUT2D eigenvalue weighted by atomic mass is 16.6. The molecule has 1 aliphatic rings. The van der Waals surface area contributed by atoms with Crippen molar-refractivity contribution >= 4 is 34.5 Å². The van der Waals surface area contributed by atoms with Gasteiger partial charge in [-0.2, -0.15) is 0 Å². The number of hydrogen-bond acceptors (Lipinski definition) is 6. The Morgan fingerprint density at radius 3 is 2.52 bits per heavy atom. The average molecular weight is 457 g/mol. The maximum atomic E-state index is 13.0. The molecule has 0 saturated carbocycles. The number of carbonyl (C=O) groups is 3. The summed E-state index contributed by atoms with van der Waals surface area (Å²) in [6.45, 7) is 9.10. The van der Waals surface area contributed by atoms with Crippen LogP contribution in [0.5, 0.6) is 0 Å². The minimum Gasteiger partial charge on any atom is -0.465 e. The Kier molecular flexibility index (Phi) is 7.15. The Morgan fingerprint density at radius 2 is 1.88 bits per heavy atom. The number of nitrogens with zero attached hydrogens (tertiary/aromatic N) is 1. The van der Waals surface area contributed by atoms with E-state index in [9.17, 15) is 14.4 Å². The molecular weight excluding hydrogens is 424 g/mol. The fourth-order valence-corrected chi connectivity index (χ4v) is 4.04. The van der Waals surface area contributed by atoms with Gasteiger partial charge in [0.15, 0.2) is 0 Å². The lowest BCUT2D eigenvalue weighted by atomic mass is 9.96. The molecule has 0 radical (unpaired) electrons. The molecule has 0 saturated heterocycles. The number of nitrogens with one attached hydrogen (secondary N) is 1. The summed E-state index contributed by atoms with van der Waals surface area (Å²) in [5, 5.41) is 0.970. The van der Waals surface area contributed by atoms with E-state index < -0.39 is 35.7 Å². The quantitative estimate of drug-likeness (QED) is 0.552. The van der Waals surface area contributed by atoms with Gasteiger partial charge < -0.3 is 24.1 Å². The fourth-order valence-electron chi connectivity index (χ4n) is 4.04. The number of amides is 1. The Bertz CT molecular complexity index is 1080. The summed E-state index contributed by atoms with van der Waals surface area (Å²) in [7, 11) is 1.33. The van der Waals surface area contributed by atoms with Crippen LogP contribution >= 0.6 is 0 Å². The molecule has 8 heteroatoms. The highest BCUT2D eigenvalue weighted by molar-refractivity contribution is 6.17. The summed E-state index contributed by atoms with van der Waals surface area (Å²) in [5.41, 5.74) is 2.13. The molecule has 2 aromatic rings. The average Bonchev–Trinajstić information content (AvgIpc) is 3.11. The molecule has 1 N–H and O–H groups in total. The van der Waals surface area contributed by atoms with E-state index in [1.54, 1.807) is 17.9 Å². The number of aromatic amines is 1. The molecule has 0 fully saturated rings. The van der Waals surface area contributed by atoms with Crippen molar-refractivity contribution in [2.75, 3.05) is 20.2 Å². The molecule has 3 rings (SSSR count). The van der Waals surface area contributed by atoms with Gasteiger partial charge in [-0.3, -0.25) is 4.79 Å². The lowest BCUT2D eigenvalue weighted by Crippen LogP contribution is -2.42. The maximum Gasteiger partial charge on any atom is 0.410 e. The summed E-state index contributed by atoms with van der Waals surface area (Å²) in [5.74, 6) is -1.41. The summed E-state index contributed by atoms with van der Waals surface area (Å²) in [4.78, 5) is 42.5. The lowest BCUT2D eigenvalue weighted by Gasteiger charge is -2.31. The summed E-state index contributed by atoms with van der Waals surface area (Å²) in [6.07, 6.45) is 1.19. The molecular formula is C25H32N2O6. The van der Waals surface area contributed by atoms with Crippen molar-refractivity contribution in [2.45, 2.75) is 52.7 Å². The van der Waals surface area contributed by atoms with Crippen LogP contribution in [0.1, 0.15) is 45.9 Å². The summed E-state index contributed by atoms with van der Waals surface area (Å²) in [6, 6.07) is 7.77.